The molecule has 0 heterocycles. The highest BCUT2D eigenvalue weighted by Crippen LogP contribution is 2.29. The van der Waals surface area contributed by atoms with Gasteiger partial charge in [-0.1, -0.05) is 17.7 Å². The van der Waals surface area contributed by atoms with Crippen LogP contribution in [0.25, 0.3) is 0 Å². The van der Waals surface area contributed by atoms with Crippen molar-refractivity contribution in [2.75, 3.05) is 0 Å². The molecule has 0 saturated heterocycles. The van der Waals surface area contributed by atoms with Crippen molar-refractivity contribution >= 4 is 17.9 Å². The lowest BCUT2D eigenvalue weighted by atomic mass is 9.81. The maximum atomic E-state index is 10.7. The summed E-state index contributed by atoms with van der Waals surface area (Å²) in [6.07, 6.45) is 2.25. The monoisotopic (exact) mass is 210 g/mol. The molecule has 0 fully saturated rings. The zero-order chi connectivity index (χ0) is 10.2. The van der Waals surface area contributed by atoms with Crippen molar-refractivity contribution in [1.82, 2.24) is 0 Å². The molecule has 2 nitrogen and oxygen atoms in total. The van der Waals surface area contributed by atoms with E-state index in [1.807, 2.05) is 12.1 Å². The molecule has 2 rings (SSSR count). The number of halogens is 1. The van der Waals surface area contributed by atoms with Crippen molar-refractivity contribution in [1.29, 1.82) is 0 Å². The summed E-state index contributed by atoms with van der Waals surface area (Å²) in [5.74, 6) is 0. The first-order chi connectivity index (χ1) is 6.63. The van der Waals surface area contributed by atoms with Gasteiger partial charge in [-0.25, -0.2) is 0 Å². The highest BCUT2D eigenvalue weighted by molar-refractivity contribution is 6.30. The first-order valence-corrected chi connectivity index (χ1v) is 4.97. The van der Waals surface area contributed by atoms with Crippen molar-refractivity contribution in [3.8, 4) is 0 Å². The molecule has 1 atom stereocenters. The Morgan fingerprint density at radius 2 is 2.21 bits per heavy atom. The molecule has 0 radical (unpaired) electrons. The minimum Gasteiger partial charge on any atom is -0.382 e. The van der Waals surface area contributed by atoms with Crippen LogP contribution in [0.2, 0.25) is 5.02 Å². The smallest absolute Gasteiger partial charge is 0.151 e. The summed E-state index contributed by atoms with van der Waals surface area (Å²) in [5, 5.41) is 10.5. The third-order valence-corrected chi connectivity index (χ3v) is 2.95. The summed E-state index contributed by atoms with van der Waals surface area (Å²) in [6, 6.07) is 5.57. The van der Waals surface area contributed by atoms with Crippen LogP contribution >= 0.6 is 11.6 Å². The third-order valence-electron chi connectivity index (χ3n) is 2.71. The molecule has 1 aromatic rings. The Morgan fingerprint density at radius 1 is 1.43 bits per heavy atom. The standard InChI is InChI=1S/C11H11ClO2/c12-10-2-1-9-6-11(14,7-13)4-3-8(9)5-10/h1-2,5,7,14H,3-4,6H2. The Hall–Kier alpha value is -0.860. The molecule has 1 N–H and O–H groups in total. The highest BCUT2D eigenvalue weighted by Gasteiger charge is 2.31. The lowest BCUT2D eigenvalue weighted by Crippen LogP contribution is -2.37. The first-order valence-electron chi connectivity index (χ1n) is 4.59. The van der Waals surface area contributed by atoms with Gasteiger partial charge in [-0.05, 0) is 36.1 Å². The Labute approximate surface area is 87.5 Å². The summed E-state index contributed by atoms with van der Waals surface area (Å²) in [5.41, 5.74) is 1.00. The molecule has 0 saturated carbocycles. The third kappa shape index (κ3) is 1.68. The number of aldehydes is 1. The van der Waals surface area contributed by atoms with E-state index in [9.17, 15) is 9.90 Å². The minimum absolute atomic E-state index is 0.406. The molecule has 0 amide bonds. The van der Waals surface area contributed by atoms with Crippen LogP contribution in [-0.4, -0.2) is 17.0 Å². The van der Waals surface area contributed by atoms with Gasteiger partial charge >= 0.3 is 0 Å². The molecule has 1 unspecified atom stereocenters. The van der Waals surface area contributed by atoms with Gasteiger partial charge in [0.2, 0.25) is 0 Å². The largest absolute Gasteiger partial charge is 0.382 e. The Kier molecular flexibility index (Phi) is 2.33. The molecule has 1 aliphatic carbocycles. The van der Waals surface area contributed by atoms with Crippen LogP contribution in [0.15, 0.2) is 18.2 Å². The van der Waals surface area contributed by atoms with E-state index in [2.05, 4.69) is 0 Å². The number of rotatable bonds is 1. The van der Waals surface area contributed by atoms with Gasteiger partial charge in [0, 0.05) is 11.4 Å². The number of aryl methyl sites for hydroxylation is 1. The molecular formula is C11H11ClO2. The van der Waals surface area contributed by atoms with E-state index >= 15 is 0 Å². The average molecular weight is 211 g/mol. The quantitative estimate of drug-likeness (QED) is 0.718. The van der Waals surface area contributed by atoms with Gasteiger partial charge in [0.25, 0.3) is 0 Å². The maximum Gasteiger partial charge on any atom is 0.151 e. The molecule has 0 spiro atoms. The Morgan fingerprint density at radius 3 is 2.93 bits per heavy atom. The number of hydrogen-bond acceptors (Lipinski definition) is 2. The van der Waals surface area contributed by atoms with E-state index in [4.69, 9.17) is 11.6 Å². The van der Waals surface area contributed by atoms with Gasteiger partial charge in [-0.15, -0.1) is 0 Å². The molecule has 0 aliphatic heterocycles. The van der Waals surface area contributed by atoms with E-state index in [1.54, 1.807) is 6.07 Å². The maximum absolute atomic E-state index is 10.7. The second-order valence-corrected chi connectivity index (χ2v) is 4.25. The fourth-order valence-electron chi connectivity index (χ4n) is 1.87. The molecule has 1 aromatic carbocycles. The molecule has 0 aromatic heterocycles. The van der Waals surface area contributed by atoms with Gasteiger partial charge in [-0.2, -0.15) is 0 Å². The number of carbonyl (C=O) groups is 1. The second-order valence-electron chi connectivity index (χ2n) is 3.81. The fourth-order valence-corrected chi connectivity index (χ4v) is 2.06. The fraction of sp³-hybridized carbons (Fsp3) is 0.364. The topological polar surface area (TPSA) is 37.3 Å². The van der Waals surface area contributed by atoms with Gasteiger partial charge < -0.3 is 9.90 Å². The van der Waals surface area contributed by atoms with E-state index < -0.39 is 5.60 Å². The van der Waals surface area contributed by atoms with Crippen molar-refractivity contribution in [2.45, 2.75) is 24.9 Å². The average Bonchev–Trinajstić information content (AvgIpc) is 2.19. The van der Waals surface area contributed by atoms with Crippen LogP contribution in [0.1, 0.15) is 17.5 Å². The molecule has 0 bridgehead atoms. The lowest BCUT2D eigenvalue weighted by molar-refractivity contribution is -0.125. The summed E-state index contributed by atoms with van der Waals surface area (Å²) in [6.45, 7) is 0. The second kappa shape index (κ2) is 3.37. The van der Waals surface area contributed by atoms with E-state index in [0.717, 1.165) is 11.1 Å². The van der Waals surface area contributed by atoms with Crippen molar-refractivity contribution in [2.24, 2.45) is 0 Å². The summed E-state index contributed by atoms with van der Waals surface area (Å²) >= 11 is 5.85. The molecule has 1 aliphatic rings. The number of aliphatic hydroxyl groups is 1. The molecule has 3 heteroatoms. The van der Waals surface area contributed by atoms with Crippen LogP contribution in [0.3, 0.4) is 0 Å². The van der Waals surface area contributed by atoms with E-state index in [1.165, 1.54) is 0 Å². The number of benzene rings is 1. The molecule has 14 heavy (non-hydrogen) atoms. The van der Waals surface area contributed by atoms with Crippen molar-refractivity contribution < 1.29 is 9.90 Å². The normalized spacial score (nSPS) is 25.6. The van der Waals surface area contributed by atoms with Crippen LogP contribution in [0.4, 0.5) is 0 Å². The van der Waals surface area contributed by atoms with E-state index in [0.29, 0.717) is 30.6 Å². The predicted octanol–water partition coefficient (Wildman–Crippen LogP) is 1.76. The SMILES string of the molecule is O=CC1(O)CCc2cc(Cl)ccc2C1. The van der Waals surface area contributed by atoms with Crippen LogP contribution < -0.4 is 0 Å². The molecule has 74 valence electrons. The van der Waals surface area contributed by atoms with Crippen LogP contribution in [0.5, 0.6) is 0 Å². The van der Waals surface area contributed by atoms with Gasteiger partial charge in [0.05, 0.1) is 0 Å². The van der Waals surface area contributed by atoms with Crippen LogP contribution in [0, 0.1) is 0 Å². The first kappa shape index (κ1) is 9.69. The summed E-state index contributed by atoms with van der Waals surface area (Å²) < 4.78 is 0. The van der Waals surface area contributed by atoms with Gasteiger partial charge in [0.15, 0.2) is 6.29 Å². The van der Waals surface area contributed by atoms with Crippen molar-refractivity contribution in [3.05, 3.63) is 34.3 Å². The number of carbonyl (C=O) groups excluding carboxylic acids is 1. The lowest BCUT2D eigenvalue weighted by Gasteiger charge is -2.28. The number of fused-ring (bicyclic) bond motifs is 1. The van der Waals surface area contributed by atoms with Gasteiger partial charge in [-0.3, -0.25) is 0 Å². The van der Waals surface area contributed by atoms with Gasteiger partial charge in [0.1, 0.15) is 5.60 Å². The Bertz CT molecular complexity index is 376. The van der Waals surface area contributed by atoms with Crippen LogP contribution in [-0.2, 0) is 17.6 Å². The zero-order valence-corrected chi connectivity index (χ0v) is 8.42. The summed E-state index contributed by atoms with van der Waals surface area (Å²) in [4.78, 5) is 10.7. The molecular weight excluding hydrogens is 200 g/mol. The summed E-state index contributed by atoms with van der Waals surface area (Å²) in [7, 11) is 0. The Balaban J connectivity index is 2.36. The predicted molar refractivity (Wildman–Crippen MR) is 54.5 cm³/mol. The van der Waals surface area contributed by atoms with Crippen molar-refractivity contribution in [3.63, 3.8) is 0 Å². The minimum atomic E-state index is -1.17. The zero-order valence-electron chi connectivity index (χ0n) is 7.66. The number of hydrogen-bond donors (Lipinski definition) is 1. The highest BCUT2D eigenvalue weighted by atomic mass is 35.5. The van der Waals surface area contributed by atoms with E-state index in [-0.39, 0.29) is 0 Å².